The summed E-state index contributed by atoms with van der Waals surface area (Å²) >= 11 is 0. The Labute approximate surface area is 82.7 Å². The van der Waals surface area contributed by atoms with Crippen LogP contribution in [0.5, 0.6) is 0 Å². The van der Waals surface area contributed by atoms with Gasteiger partial charge >= 0.3 is 0 Å². The summed E-state index contributed by atoms with van der Waals surface area (Å²) in [5.41, 5.74) is 2.06. The monoisotopic (exact) mass is 213 g/mol. The van der Waals surface area contributed by atoms with Gasteiger partial charge in [-0.2, -0.15) is 0 Å². The molecule has 0 spiro atoms. The molecular weight excluding hydrogens is 202 g/mol. The molecule has 0 aliphatic carbocycles. The van der Waals surface area contributed by atoms with E-state index in [9.17, 15) is 8.42 Å². The lowest BCUT2D eigenvalue weighted by molar-refractivity contribution is 0.110. The van der Waals surface area contributed by atoms with Crippen LogP contribution in [0.25, 0.3) is 0 Å². The number of ether oxygens (including phenoxy) is 1. The van der Waals surface area contributed by atoms with Crippen LogP contribution >= 0.6 is 0 Å². The van der Waals surface area contributed by atoms with E-state index >= 15 is 0 Å². The fourth-order valence-corrected chi connectivity index (χ4v) is 2.08. The van der Waals surface area contributed by atoms with E-state index in [1.54, 1.807) is 12.1 Å². The Morgan fingerprint density at radius 1 is 1.29 bits per heavy atom. The first-order valence-corrected chi connectivity index (χ1v) is 5.84. The van der Waals surface area contributed by atoms with Crippen LogP contribution in [0.15, 0.2) is 23.1 Å². The molecule has 0 saturated heterocycles. The van der Waals surface area contributed by atoms with Gasteiger partial charge in [-0.3, -0.25) is 0 Å². The van der Waals surface area contributed by atoms with Crippen LogP contribution in [0.1, 0.15) is 11.1 Å². The predicted octanol–water partition coefficient (Wildman–Crippen LogP) is 0.407. The molecule has 0 aromatic heterocycles. The molecule has 0 bridgehead atoms. The van der Waals surface area contributed by atoms with Crippen molar-refractivity contribution in [2.45, 2.75) is 17.9 Å². The summed E-state index contributed by atoms with van der Waals surface area (Å²) < 4.78 is 27.4. The highest BCUT2D eigenvalue weighted by Gasteiger charge is 2.13. The van der Waals surface area contributed by atoms with E-state index < -0.39 is 10.0 Å². The number of rotatable bonds is 1. The van der Waals surface area contributed by atoms with Gasteiger partial charge in [0.15, 0.2) is 0 Å². The predicted molar refractivity (Wildman–Crippen MR) is 51.2 cm³/mol. The van der Waals surface area contributed by atoms with Gasteiger partial charge in [0.1, 0.15) is 0 Å². The number of hydrogen-bond donors (Lipinski definition) is 1. The molecule has 5 heteroatoms. The SMILES string of the molecule is NS(=O)(=O)c1ccc2c(c1)CCOC2. The average molecular weight is 213 g/mol. The zero-order valence-corrected chi connectivity index (χ0v) is 8.38. The minimum Gasteiger partial charge on any atom is -0.376 e. The number of nitrogens with two attached hydrogens (primary N) is 1. The number of benzene rings is 1. The van der Waals surface area contributed by atoms with Gasteiger partial charge in [-0.05, 0) is 29.7 Å². The maximum atomic E-state index is 11.1. The van der Waals surface area contributed by atoms with Crippen molar-refractivity contribution in [1.29, 1.82) is 0 Å². The molecule has 0 atom stereocenters. The molecule has 14 heavy (non-hydrogen) atoms. The zero-order chi connectivity index (χ0) is 10.2. The Bertz CT molecular complexity index is 453. The second-order valence-corrected chi connectivity index (χ2v) is 4.84. The van der Waals surface area contributed by atoms with E-state index in [4.69, 9.17) is 9.88 Å². The molecular formula is C9H11NO3S. The molecule has 1 aromatic carbocycles. The summed E-state index contributed by atoms with van der Waals surface area (Å²) in [6.07, 6.45) is 0.749. The normalized spacial score (nSPS) is 16.4. The first-order chi connectivity index (χ1) is 6.57. The lowest BCUT2D eigenvalue weighted by Gasteiger charge is -2.16. The zero-order valence-electron chi connectivity index (χ0n) is 7.56. The third kappa shape index (κ3) is 1.79. The van der Waals surface area contributed by atoms with E-state index in [-0.39, 0.29) is 4.90 Å². The summed E-state index contributed by atoms with van der Waals surface area (Å²) in [4.78, 5) is 0.179. The maximum Gasteiger partial charge on any atom is 0.238 e. The van der Waals surface area contributed by atoms with Crippen LogP contribution in [-0.2, 0) is 27.8 Å². The fraction of sp³-hybridized carbons (Fsp3) is 0.333. The van der Waals surface area contributed by atoms with Crippen LogP contribution in [-0.4, -0.2) is 15.0 Å². The fourth-order valence-electron chi connectivity index (χ4n) is 1.52. The van der Waals surface area contributed by atoms with Crippen LogP contribution in [0.3, 0.4) is 0 Å². The maximum absolute atomic E-state index is 11.1. The van der Waals surface area contributed by atoms with Gasteiger partial charge in [-0.25, -0.2) is 13.6 Å². The van der Waals surface area contributed by atoms with Crippen molar-refractivity contribution in [3.63, 3.8) is 0 Å². The molecule has 1 heterocycles. The van der Waals surface area contributed by atoms with Gasteiger partial charge in [-0.1, -0.05) is 6.07 Å². The van der Waals surface area contributed by atoms with E-state index in [1.807, 2.05) is 0 Å². The Balaban J connectivity index is 2.49. The number of hydrogen-bond acceptors (Lipinski definition) is 3. The Morgan fingerprint density at radius 3 is 2.79 bits per heavy atom. The summed E-state index contributed by atoms with van der Waals surface area (Å²) in [7, 11) is -3.58. The van der Waals surface area contributed by atoms with Gasteiger partial charge < -0.3 is 4.74 Å². The first-order valence-electron chi connectivity index (χ1n) is 4.30. The third-order valence-electron chi connectivity index (χ3n) is 2.28. The number of sulfonamides is 1. The third-order valence-corrected chi connectivity index (χ3v) is 3.19. The average Bonchev–Trinajstić information content (AvgIpc) is 2.16. The van der Waals surface area contributed by atoms with Crippen molar-refractivity contribution < 1.29 is 13.2 Å². The van der Waals surface area contributed by atoms with E-state index in [0.29, 0.717) is 13.2 Å². The minimum absolute atomic E-state index is 0.179. The van der Waals surface area contributed by atoms with Gasteiger partial charge in [0.2, 0.25) is 10.0 Å². The molecule has 1 aromatic rings. The number of primary sulfonamides is 1. The molecule has 0 radical (unpaired) electrons. The van der Waals surface area contributed by atoms with Crippen molar-refractivity contribution in [1.82, 2.24) is 0 Å². The Kier molecular flexibility index (Phi) is 2.30. The standard InChI is InChI=1S/C9H11NO3S/c10-14(11,12)9-2-1-8-6-13-4-3-7(8)5-9/h1-2,5H,3-4,6H2,(H2,10,11,12). The highest BCUT2D eigenvalue weighted by atomic mass is 32.2. The first kappa shape index (κ1) is 9.64. The quantitative estimate of drug-likeness (QED) is 0.734. The molecule has 0 fully saturated rings. The smallest absolute Gasteiger partial charge is 0.238 e. The van der Waals surface area contributed by atoms with Gasteiger partial charge in [-0.15, -0.1) is 0 Å². The number of fused-ring (bicyclic) bond motifs is 1. The Hall–Kier alpha value is -0.910. The van der Waals surface area contributed by atoms with Gasteiger partial charge in [0, 0.05) is 0 Å². The van der Waals surface area contributed by atoms with Crippen LogP contribution in [0.2, 0.25) is 0 Å². The molecule has 1 aliphatic heterocycles. The van der Waals surface area contributed by atoms with Crippen LogP contribution < -0.4 is 5.14 Å². The van der Waals surface area contributed by atoms with E-state index in [2.05, 4.69) is 0 Å². The van der Waals surface area contributed by atoms with Crippen molar-refractivity contribution in [3.8, 4) is 0 Å². The van der Waals surface area contributed by atoms with Gasteiger partial charge in [0.25, 0.3) is 0 Å². The largest absolute Gasteiger partial charge is 0.376 e. The molecule has 0 unspecified atom stereocenters. The summed E-state index contributed by atoms with van der Waals surface area (Å²) in [6.45, 7) is 1.20. The molecule has 0 amide bonds. The van der Waals surface area contributed by atoms with E-state index in [0.717, 1.165) is 17.5 Å². The van der Waals surface area contributed by atoms with Crippen molar-refractivity contribution >= 4 is 10.0 Å². The molecule has 76 valence electrons. The second-order valence-electron chi connectivity index (χ2n) is 3.28. The Morgan fingerprint density at radius 2 is 2.07 bits per heavy atom. The molecule has 4 nitrogen and oxygen atoms in total. The summed E-state index contributed by atoms with van der Waals surface area (Å²) in [5.74, 6) is 0. The summed E-state index contributed by atoms with van der Waals surface area (Å²) in [5, 5.41) is 5.03. The van der Waals surface area contributed by atoms with Crippen LogP contribution in [0, 0.1) is 0 Å². The second kappa shape index (κ2) is 3.34. The summed E-state index contributed by atoms with van der Waals surface area (Å²) in [6, 6.07) is 4.91. The molecule has 2 rings (SSSR count). The molecule has 1 aliphatic rings. The highest BCUT2D eigenvalue weighted by molar-refractivity contribution is 7.89. The van der Waals surface area contributed by atoms with Gasteiger partial charge in [0.05, 0.1) is 18.1 Å². The highest BCUT2D eigenvalue weighted by Crippen LogP contribution is 2.19. The topological polar surface area (TPSA) is 69.4 Å². The molecule has 0 saturated carbocycles. The van der Waals surface area contributed by atoms with E-state index in [1.165, 1.54) is 6.07 Å². The van der Waals surface area contributed by atoms with Crippen molar-refractivity contribution in [2.75, 3.05) is 6.61 Å². The lowest BCUT2D eigenvalue weighted by Crippen LogP contribution is -2.15. The van der Waals surface area contributed by atoms with Crippen LogP contribution in [0.4, 0.5) is 0 Å². The minimum atomic E-state index is -3.58. The van der Waals surface area contributed by atoms with Crippen molar-refractivity contribution in [3.05, 3.63) is 29.3 Å². The van der Waals surface area contributed by atoms with Crippen molar-refractivity contribution in [2.24, 2.45) is 5.14 Å². The lowest BCUT2D eigenvalue weighted by atomic mass is 10.0. The molecule has 2 N–H and O–H groups in total.